The number of hydrogen-bond acceptors (Lipinski definition) is 14. The van der Waals surface area contributed by atoms with Crippen molar-refractivity contribution in [1.29, 1.82) is 0 Å². The van der Waals surface area contributed by atoms with Gasteiger partial charge in [0.1, 0.15) is 11.6 Å². The van der Waals surface area contributed by atoms with Crippen LogP contribution in [0.1, 0.15) is 111 Å². The first-order valence-corrected chi connectivity index (χ1v) is 18.7. The summed E-state index contributed by atoms with van der Waals surface area (Å²) in [6, 6.07) is 0. The molecule has 14 heteroatoms. The Hall–Kier alpha value is -2.75. The van der Waals surface area contributed by atoms with Crippen LogP contribution in [-0.4, -0.2) is 137 Å². The number of carbonyl (C=O) groups is 5. The van der Waals surface area contributed by atoms with Crippen LogP contribution in [0.15, 0.2) is 12.7 Å². The Kier molecular flexibility index (Phi) is 35.2. The third-order valence-corrected chi connectivity index (χ3v) is 8.01. The Bertz CT molecular complexity index is 893. The fourth-order valence-corrected chi connectivity index (χ4v) is 4.50. The van der Waals surface area contributed by atoms with E-state index in [2.05, 4.69) is 71.8 Å². The first kappa shape index (κ1) is 50.4. The molecule has 0 aromatic heterocycles. The fourth-order valence-electron chi connectivity index (χ4n) is 4.50. The number of unbranched alkanes of at least 4 members (excludes halogenated alkanes) is 5. The van der Waals surface area contributed by atoms with Crippen LogP contribution in [0.3, 0.4) is 0 Å². The highest BCUT2D eigenvalue weighted by atomic mass is 16.5. The van der Waals surface area contributed by atoms with Gasteiger partial charge in [0.2, 0.25) is 0 Å². The van der Waals surface area contributed by atoms with Crippen molar-refractivity contribution in [2.75, 3.05) is 87.5 Å². The zero-order chi connectivity index (χ0) is 38.7. The lowest BCUT2D eigenvalue weighted by Crippen LogP contribution is -2.55. The number of rotatable bonds is 21. The molecule has 2 N–H and O–H groups in total. The Morgan fingerprint density at radius 3 is 1.22 bits per heavy atom. The average molecular weight is 729 g/mol. The molecule has 3 saturated heterocycles. The zero-order valence-corrected chi connectivity index (χ0v) is 33.1. The van der Waals surface area contributed by atoms with E-state index in [1.807, 2.05) is 6.92 Å². The Morgan fingerprint density at radius 1 is 0.549 bits per heavy atom. The molecule has 3 aliphatic rings. The number of ether oxygens (including phenoxy) is 3. The van der Waals surface area contributed by atoms with E-state index in [4.69, 9.17) is 0 Å². The van der Waals surface area contributed by atoms with Crippen molar-refractivity contribution in [1.82, 2.24) is 30.2 Å². The number of methoxy groups -OCH3 is 3. The number of nitrogens with one attached hydrogen (secondary N) is 2. The van der Waals surface area contributed by atoms with Crippen LogP contribution >= 0.6 is 0 Å². The second-order valence-electron chi connectivity index (χ2n) is 12.5. The molecule has 3 heterocycles. The van der Waals surface area contributed by atoms with Crippen molar-refractivity contribution in [2.45, 2.75) is 111 Å². The van der Waals surface area contributed by atoms with Crippen LogP contribution in [0.25, 0.3) is 0 Å². The lowest BCUT2D eigenvalue weighted by molar-refractivity contribution is -0.143. The summed E-state index contributed by atoms with van der Waals surface area (Å²) in [4.78, 5) is 63.3. The summed E-state index contributed by atoms with van der Waals surface area (Å²) in [5.41, 5.74) is 0. The average Bonchev–Trinajstić information content (AvgIpc) is 3.07. The second-order valence-corrected chi connectivity index (χ2v) is 12.5. The smallest absolute Gasteiger partial charge is 0.329 e. The summed E-state index contributed by atoms with van der Waals surface area (Å²) in [6.45, 7) is 20.3. The van der Waals surface area contributed by atoms with Gasteiger partial charge in [0.15, 0.2) is 0 Å². The maximum Gasteiger partial charge on any atom is 0.329 e. The van der Waals surface area contributed by atoms with E-state index in [1.165, 1.54) is 59.9 Å². The standard InChI is InChI=1S/C16H30N2O2.C10H18N2O4.C5H12.C4H6O2.C2H6N2/c1-3-5-6-7-8-16(20)10-12-18-13-17(14-18)11-9-15(19)4-2;1-15-9(13)3-5-11-7-12(8-11)6-4-10(14)16-2;1-3-5-4-2;1-3-4(5)6-2;1-3-2-4-1/h3-14H2,1-2H3;3-8H2,1-2H3;3-5H2,1-2H3;3H,1H2,2H3;3-4H,1-2H2. The number of hydrogen-bond donors (Lipinski definition) is 2. The Labute approximate surface area is 308 Å². The molecule has 0 bridgehead atoms. The van der Waals surface area contributed by atoms with Gasteiger partial charge in [-0.25, -0.2) is 4.79 Å². The molecule has 0 unspecified atom stereocenters. The minimum Gasteiger partial charge on any atom is -0.469 e. The van der Waals surface area contributed by atoms with Gasteiger partial charge in [-0.3, -0.25) is 49.4 Å². The Morgan fingerprint density at radius 2 is 0.941 bits per heavy atom. The van der Waals surface area contributed by atoms with E-state index in [-0.39, 0.29) is 11.9 Å². The molecule has 3 rings (SSSR count). The van der Waals surface area contributed by atoms with E-state index in [1.54, 1.807) is 0 Å². The van der Waals surface area contributed by atoms with Crippen LogP contribution in [0.2, 0.25) is 0 Å². The van der Waals surface area contributed by atoms with Gasteiger partial charge >= 0.3 is 17.9 Å². The third kappa shape index (κ3) is 31.7. The van der Waals surface area contributed by atoms with Crippen molar-refractivity contribution >= 4 is 29.5 Å². The van der Waals surface area contributed by atoms with Crippen molar-refractivity contribution in [3.05, 3.63) is 12.7 Å². The number of Topliss-reactive ketones (excluding diaryl/α,β-unsaturated/α-hetero) is 2. The molecule has 0 saturated carbocycles. The van der Waals surface area contributed by atoms with Crippen LogP contribution in [0, 0.1) is 0 Å². The van der Waals surface area contributed by atoms with Crippen molar-refractivity contribution in [2.24, 2.45) is 0 Å². The number of nitrogens with zero attached hydrogens (tertiary/aromatic N) is 4. The highest BCUT2D eigenvalue weighted by Gasteiger charge is 2.25. The molecule has 0 radical (unpaired) electrons. The molecule has 0 spiro atoms. The van der Waals surface area contributed by atoms with Gasteiger partial charge in [-0.2, -0.15) is 0 Å². The maximum atomic E-state index is 11.7. The molecule has 0 aromatic carbocycles. The summed E-state index contributed by atoms with van der Waals surface area (Å²) >= 11 is 0. The summed E-state index contributed by atoms with van der Waals surface area (Å²) < 4.78 is 13.2. The minimum atomic E-state index is -0.394. The quantitative estimate of drug-likeness (QED) is 0.0756. The first-order valence-electron chi connectivity index (χ1n) is 18.7. The highest BCUT2D eigenvalue weighted by Crippen LogP contribution is 2.12. The first-order chi connectivity index (χ1) is 24.5. The molecule has 51 heavy (non-hydrogen) atoms. The molecule has 14 nitrogen and oxygen atoms in total. The SMILES string of the molecule is C1NCN1.C=CC(=O)OC.CCCCC.CCCCCCC(=O)CCN1CN(CCC(=O)CC)C1.COC(=O)CCN1CN(CCC(=O)OC)C1. The lowest BCUT2D eigenvalue weighted by atomic mass is 10.1. The van der Waals surface area contributed by atoms with Crippen molar-refractivity contribution in [3.8, 4) is 0 Å². The largest absolute Gasteiger partial charge is 0.469 e. The summed E-state index contributed by atoms with van der Waals surface area (Å²) in [5.74, 6) is -0.0255. The fraction of sp³-hybridized carbons (Fsp3) is 0.811. The van der Waals surface area contributed by atoms with E-state index in [0.717, 1.165) is 72.0 Å². The molecule has 0 aliphatic carbocycles. The lowest BCUT2D eigenvalue weighted by Gasteiger charge is -2.42. The molecular formula is C37H72N6O8. The number of ketones is 2. The van der Waals surface area contributed by atoms with Crippen LogP contribution < -0.4 is 10.6 Å². The molecule has 0 atom stereocenters. The third-order valence-electron chi connectivity index (χ3n) is 8.01. The van der Waals surface area contributed by atoms with Gasteiger partial charge in [0.25, 0.3) is 0 Å². The number of carbonyl (C=O) groups excluding carboxylic acids is 5. The highest BCUT2D eigenvalue weighted by molar-refractivity contribution is 5.81. The van der Waals surface area contributed by atoms with Gasteiger partial charge < -0.3 is 14.2 Å². The van der Waals surface area contributed by atoms with Crippen LogP contribution in [0.5, 0.6) is 0 Å². The van der Waals surface area contributed by atoms with Crippen LogP contribution in [-0.2, 0) is 38.2 Å². The molecule has 298 valence electrons. The summed E-state index contributed by atoms with van der Waals surface area (Å²) in [6.07, 6.45) is 13.5. The normalized spacial score (nSPS) is 15.0. The van der Waals surface area contributed by atoms with Crippen LogP contribution in [0.4, 0.5) is 0 Å². The van der Waals surface area contributed by atoms with E-state index < -0.39 is 5.97 Å². The van der Waals surface area contributed by atoms with Gasteiger partial charge in [0, 0.05) is 71.3 Å². The van der Waals surface area contributed by atoms with E-state index in [9.17, 15) is 24.0 Å². The summed E-state index contributed by atoms with van der Waals surface area (Å²) in [5, 5.41) is 6.00. The van der Waals surface area contributed by atoms with E-state index >= 15 is 0 Å². The molecule has 0 aromatic rings. The zero-order valence-electron chi connectivity index (χ0n) is 33.1. The topological polar surface area (TPSA) is 150 Å². The van der Waals surface area contributed by atoms with Gasteiger partial charge in [0.05, 0.1) is 60.8 Å². The Balaban J connectivity index is 0. The maximum absolute atomic E-state index is 11.7. The van der Waals surface area contributed by atoms with Gasteiger partial charge in [-0.1, -0.05) is 72.8 Å². The second kappa shape index (κ2) is 35.6. The predicted molar refractivity (Wildman–Crippen MR) is 201 cm³/mol. The summed E-state index contributed by atoms with van der Waals surface area (Å²) in [7, 11) is 4.09. The van der Waals surface area contributed by atoms with Gasteiger partial charge in [-0.15, -0.1) is 0 Å². The van der Waals surface area contributed by atoms with Crippen molar-refractivity contribution < 1.29 is 38.2 Å². The predicted octanol–water partition coefficient (Wildman–Crippen LogP) is 4.10. The molecule has 3 aliphatic heterocycles. The van der Waals surface area contributed by atoms with E-state index in [0.29, 0.717) is 56.8 Å². The molecule has 0 amide bonds. The monoisotopic (exact) mass is 729 g/mol. The van der Waals surface area contributed by atoms with Gasteiger partial charge in [-0.05, 0) is 6.42 Å². The van der Waals surface area contributed by atoms with Crippen molar-refractivity contribution in [3.63, 3.8) is 0 Å². The molecular weight excluding hydrogens is 656 g/mol. The number of esters is 3. The molecule has 3 fully saturated rings. The minimum absolute atomic E-state index is 0.187.